The minimum Gasteiger partial charge on any atom is -0.322 e. The second kappa shape index (κ2) is 11.4. The summed E-state index contributed by atoms with van der Waals surface area (Å²) in [5.74, 6) is 1.18. The second-order valence-corrected chi connectivity index (χ2v) is 10.9. The molecule has 5 rings (SSSR count). The Morgan fingerprint density at radius 3 is 2.59 bits per heavy atom. The first-order valence-electron chi connectivity index (χ1n) is 13.7. The molecule has 2 aromatic heterocycles. The van der Waals surface area contributed by atoms with Crippen LogP contribution in [0.5, 0.6) is 0 Å². The summed E-state index contributed by atoms with van der Waals surface area (Å²) in [5.41, 5.74) is 4.13. The molecule has 4 aromatic rings. The average Bonchev–Trinajstić information content (AvgIpc) is 3.36. The lowest BCUT2D eigenvalue weighted by Crippen LogP contribution is -2.43. The summed E-state index contributed by atoms with van der Waals surface area (Å²) >= 11 is 0. The summed E-state index contributed by atoms with van der Waals surface area (Å²) in [7, 11) is 0. The minimum absolute atomic E-state index is 0.0108. The summed E-state index contributed by atoms with van der Waals surface area (Å²) in [5, 5.41) is 14.1. The third-order valence-electron chi connectivity index (χ3n) is 7.74. The molecule has 0 saturated heterocycles. The second-order valence-electron chi connectivity index (χ2n) is 10.9. The van der Waals surface area contributed by atoms with Gasteiger partial charge in [0.25, 0.3) is 5.56 Å². The first-order valence-corrected chi connectivity index (χ1v) is 13.7. The van der Waals surface area contributed by atoms with Crippen molar-refractivity contribution in [3.05, 3.63) is 87.5 Å². The fraction of sp³-hybridized carbons (Fsp3) is 0.467. The number of benzene rings is 2. The Labute approximate surface area is 218 Å². The highest BCUT2D eigenvalue weighted by Gasteiger charge is 2.34. The molecule has 2 aromatic carbocycles. The van der Waals surface area contributed by atoms with Crippen LogP contribution in [-0.4, -0.2) is 36.1 Å². The zero-order valence-electron chi connectivity index (χ0n) is 22.2. The number of hydrogen-bond acceptors (Lipinski definition) is 5. The third kappa shape index (κ3) is 5.82. The van der Waals surface area contributed by atoms with E-state index in [4.69, 9.17) is 0 Å². The monoisotopic (exact) mass is 498 g/mol. The smallest absolute Gasteiger partial charge is 0.252 e. The van der Waals surface area contributed by atoms with E-state index < -0.39 is 0 Å². The molecule has 0 radical (unpaired) electrons. The summed E-state index contributed by atoms with van der Waals surface area (Å²) in [6.45, 7) is 7.88. The SMILES string of the molecule is Cc1ccc2[nH]c(=O)c(CN(C3CCCCC3)[C@H](c3nnnn3CCc3ccccc3)C(C)C)cc2c1. The fourth-order valence-corrected chi connectivity index (χ4v) is 5.84. The highest BCUT2D eigenvalue weighted by atomic mass is 16.1. The quantitative estimate of drug-likeness (QED) is 0.325. The van der Waals surface area contributed by atoms with Crippen molar-refractivity contribution in [2.75, 3.05) is 0 Å². The molecule has 0 amide bonds. The van der Waals surface area contributed by atoms with Gasteiger partial charge in [-0.05, 0) is 71.7 Å². The van der Waals surface area contributed by atoms with Gasteiger partial charge >= 0.3 is 0 Å². The number of aryl methyl sites for hydroxylation is 3. The summed E-state index contributed by atoms with van der Waals surface area (Å²) in [4.78, 5) is 18.9. The first-order chi connectivity index (χ1) is 18.0. The van der Waals surface area contributed by atoms with Crippen molar-refractivity contribution in [3.8, 4) is 0 Å². The van der Waals surface area contributed by atoms with E-state index in [1.807, 2.05) is 22.9 Å². The Morgan fingerprint density at radius 1 is 1.05 bits per heavy atom. The molecule has 0 aliphatic heterocycles. The zero-order valence-corrected chi connectivity index (χ0v) is 22.2. The molecule has 1 aliphatic rings. The molecule has 1 saturated carbocycles. The van der Waals surface area contributed by atoms with Crippen LogP contribution in [0.25, 0.3) is 10.9 Å². The van der Waals surface area contributed by atoms with Gasteiger partial charge < -0.3 is 4.98 Å². The molecule has 2 heterocycles. The molecule has 1 aliphatic carbocycles. The van der Waals surface area contributed by atoms with Crippen molar-refractivity contribution < 1.29 is 0 Å². The van der Waals surface area contributed by atoms with Gasteiger partial charge in [0.05, 0.1) is 6.04 Å². The van der Waals surface area contributed by atoms with Gasteiger partial charge in [0.1, 0.15) is 0 Å². The highest BCUT2D eigenvalue weighted by Crippen LogP contribution is 2.35. The molecule has 7 nitrogen and oxygen atoms in total. The average molecular weight is 499 g/mol. The Kier molecular flexibility index (Phi) is 7.79. The van der Waals surface area contributed by atoms with Gasteiger partial charge in [-0.2, -0.15) is 0 Å². The number of tetrazole rings is 1. The molecule has 1 N–H and O–H groups in total. The highest BCUT2D eigenvalue weighted by molar-refractivity contribution is 5.79. The number of aromatic amines is 1. The predicted octanol–water partition coefficient (Wildman–Crippen LogP) is 5.60. The van der Waals surface area contributed by atoms with Gasteiger partial charge in [-0.1, -0.05) is 75.1 Å². The number of pyridine rings is 1. The number of aromatic nitrogens is 5. The number of nitrogens with zero attached hydrogens (tertiary/aromatic N) is 5. The van der Waals surface area contributed by atoms with Crippen LogP contribution in [0, 0.1) is 12.8 Å². The number of rotatable bonds is 9. The lowest BCUT2D eigenvalue weighted by molar-refractivity contribution is 0.0608. The molecular weight excluding hydrogens is 460 g/mol. The van der Waals surface area contributed by atoms with Crippen LogP contribution in [0.1, 0.15) is 74.5 Å². The van der Waals surface area contributed by atoms with E-state index in [0.717, 1.165) is 48.1 Å². The molecule has 1 atom stereocenters. The van der Waals surface area contributed by atoms with E-state index in [1.54, 1.807) is 0 Å². The topological polar surface area (TPSA) is 79.7 Å². The van der Waals surface area contributed by atoms with Crippen LogP contribution in [0.4, 0.5) is 0 Å². The standard InChI is InChI=1S/C30H38N6O/c1-21(2)28(29-32-33-34-36(29)17-16-23-10-6-4-7-11-23)35(26-12-8-5-9-13-26)20-25-19-24-18-22(3)14-15-27(24)31-30(25)37/h4,6-7,10-11,14-15,18-19,21,26,28H,5,8-9,12-13,16-17,20H2,1-3H3,(H,31,37)/t28-/m0/s1. The Hall–Kier alpha value is -3.32. The van der Waals surface area contributed by atoms with Crippen LogP contribution in [0.2, 0.25) is 0 Å². The molecule has 7 heteroatoms. The Balaban J connectivity index is 1.49. The number of fused-ring (bicyclic) bond motifs is 1. The van der Waals surface area contributed by atoms with Gasteiger partial charge in [0.15, 0.2) is 5.82 Å². The van der Waals surface area contributed by atoms with Crippen molar-refractivity contribution >= 4 is 10.9 Å². The van der Waals surface area contributed by atoms with Crippen molar-refractivity contribution in [3.63, 3.8) is 0 Å². The van der Waals surface area contributed by atoms with Crippen LogP contribution < -0.4 is 5.56 Å². The minimum atomic E-state index is -0.0108. The maximum atomic E-state index is 13.2. The van der Waals surface area contributed by atoms with Crippen LogP contribution in [-0.2, 0) is 19.5 Å². The lowest BCUT2D eigenvalue weighted by Gasteiger charge is -2.41. The Morgan fingerprint density at radius 2 is 1.84 bits per heavy atom. The summed E-state index contributed by atoms with van der Waals surface area (Å²) in [6, 6.07) is 19.1. The van der Waals surface area contributed by atoms with E-state index in [2.05, 4.69) is 82.6 Å². The summed E-state index contributed by atoms with van der Waals surface area (Å²) in [6.07, 6.45) is 6.87. The van der Waals surface area contributed by atoms with E-state index in [9.17, 15) is 4.79 Å². The van der Waals surface area contributed by atoms with Gasteiger partial charge in [-0.25, -0.2) is 4.68 Å². The van der Waals surface area contributed by atoms with Crippen LogP contribution in [0.15, 0.2) is 59.4 Å². The molecule has 0 unspecified atom stereocenters. The number of H-pyrrole nitrogens is 1. The molecule has 1 fully saturated rings. The number of hydrogen-bond donors (Lipinski definition) is 1. The van der Waals surface area contributed by atoms with Crippen molar-refractivity contribution in [1.29, 1.82) is 0 Å². The van der Waals surface area contributed by atoms with Gasteiger partial charge in [0, 0.05) is 30.2 Å². The molecule has 37 heavy (non-hydrogen) atoms. The molecular formula is C30H38N6O. The van der Waals surface area contributed by atoms with E-state index >= 15 is 0 Å². The van der Waals surface area contributed by atoms with E-state index in [0.29, 0.717) is 12.6 Å². The van der Waals surface area contributed by atoms with Crippen molar-refractivity contribution in [1.82, 2.24) is 30.1 Å². The predicted molar refractivity (Wildman–Crippen MR) is 147 cm³/mol. The molecule has 0 spiro atoms. The van der Waals surface area contributed by atoms with Crippen molar-refractivity contribution in [2.24, 2.45) is 5.92 Å². The fourth-order valence-electron chi connectivity index (χ4n) is 5.84. The van der Waals surface area contributed by atoms with E-state index in [-0.39, 0.29) is 17.5 Å². The number of nitrogens with one attached hydrogen (secondary N) is 1. The van der Waals surface area contributed by atoms with Crippen LogP contribution >= 0.6 is 0 Å². The normalized spacial score (nSPS) is 15.6. The van der Waals surface area contributed by atoms with Crippen LogP contribution in [0.3, 0.4) is 0 Å². The largest absolute Gasteiger partial charge is 0.322 e. The molecule has 0 bridgehead atoms. The van der Waals surface area contributed by atoms with Gasteiger partial charge in [-0.15, -0.1) is 5.10 Å². The van der Waals surface area contributed by atoms with E-state index in [1.165, 1.54) is 30.4 Å². The summed E-state index contributed by atoms with van der Waals surface area (Å²) < 4.78 is 1.97. The lowest BCUT2D eigenvalue weighted by atomic mass is 9.90. The first kappa shape index (κ1) is 25.3. The zero-order chi connectivity index (χ0) is 25.8. The third-order valence-corrected chi connectivity index (χ3v) is 7.74. The Bertz CT molecular complexity index is 1370. The van der Waals surface area contributed by atoms with Crippen molar-refractivity contribution in [2.45, 2.75) is 84.5 Å². The maximum Gasteiger partial charge on any atom is 0.252 e. The molecule has 194 valence electrons. The van der Waals surface area contributed by atoms with Gasteiger partial charge in [-0.3, -0.25) is 9.69 Å². The maximum absolute atomic E-state index is 13.2. The van der Waals surface area contributed by atoms with Gasteiger partial charge in [0.2, 0.25) is 0 Å².